The minimum absolute atomic E-state index is 0.0155. The molecule has 0 saturated carbocycles. The summed E-state index contributed by atoms with van der Waals surface area (Å²) in [5.41, 5.74) is 1.05. The first kappa shape index (κ1) is 19.8. The van der Waals surface area contributed by atoms with Gasteiger partial charge in [0, 0.05) is 23.5 Å². The Hall–Kier alpha value is -1.97. The second kappa shape index (κ2) is 7.95. The van der Waals surface area contributed by atoms with E-state index in [-0.39, 0.29) is 22.3 Å². The summed E-state index contributed by atoms with van der Waals surface area (Å²) in [6.45, 7) is 4.22. The smallest absolute Gasteiger partial charge is 0.257 e. The van der Waals surface area contributed by atoms with Crippen LogP contribution in [-0.2, 0) is 10.0 Å². The number of piperidine rings is 1. The number of hydrogen-bond donors (Lipinski definition) is 1. The highest BCUT2D eigenvalue weighted by Crippen LogP contribution is 2.32. The Labute approximate surface area is 163 Å². The molecule has 0 spiro atoms. The van der Waals surface area contributed by atoms with Crippen LogP contribution in [0, 0.1) is 6.92 Å². The number of amides is 1. The largest absolute Gasteiger partial charge is 0.495 e. The number of nitrogens with zero attached hydrogens (tertiary/aromatic N) is 2. The number of ether oxygens (including phenoxy) is 1. The van der Waals surface area contributed by atoms with Gasteiger partial charge in [-0.15, -0.1) is 11.3 Å². The summed E-state index contributed by atoms with van der Waals surface area (Å²) in [7, 11) is -2.34. The number of nitrogens with one attached hydrogen (secondary N) is 1. The lowest BCUT2D eigenvalue weighted by Crippen LogP contribution is -2.42. The standard InChI is InChI=1S/C18H23N3O4S2/c1-12-11-26-18(19-12)20-17(22)14-7-8-15(25-3)16(10-14)27(23,24)21-9-5-4-6-13(21)2/h7-8,10-11,13H,4-6,9H2,1-3H3,(H,19,20,22)/t13-/m0/s1. The number of methoxy groups -OCH3 is 1. The average Bonchev–Trinajstić information content (AvgIpc) is 3.06. The van der Waals surface area contributed by atoms with Crippen LogP contribution in [0.25, 0.3) is 0 Å². The molecular formula is C18H23N3O4S2. The van der Waals surface area contributed by atoms with E-state index in [2.05, 4.69) is 10.3 Å². The number of carbonyl (C=O) groups excluding carboxylic acids is 1. The van der Waals surface area contributed by atoms with Gasteiger partial charge in [-0.1, -0.05) is 6.42 Å². The Morgan fingerprint density at radius 2 is 2.15 bits per heavy atom. The van der Waals surface area contributed by atoms with Crippen LogP contribution in [0.5, 0.6) is 5.75 Å². The first-order valence-electron chi connectivity index (χ1n) is 8.76. The molecule has 2 aromatic rings. The van der Waals surface area contributed by atoms with Crippen LogP contribution in [0.3, 0.4) is 0 Å². The maximum Gasteiger partial charge on any atom is 0.257 e. The maximum absolute atomic E-state index is 13.2. The molecule has 1 N–H and O–H groups in total. The third-order valence-electron chi connectivity index (χ3n) is 4.59. The van der Waals surface area contributed by atoms with Crippen molar-refractivity contribution >= 4 is 32.4 Å². The third-order valence-corrected chi connectivity index (χ3v) is 7.50. The Bertz CT molecular complexity index is 940. The molecule has 0 radical (unpaired) electrons. The van der Waals surface area contributed by atoms with E-state index in [1.807, 2.05) is 19.2 Å². The van der Waals surface area contributed by atoms with Crippen molar-refractivity contribution in [1.82, 2.24) is 9.29 Å². The molecule has 0 bridgehead atoms. The number of benzene rings is 1. The predicted octanol–water partition coefficient (Wildman–Crippen LogP) is 3.28. The van der Waals surface area contributed by atoms with E-state index < -0.39 is 15.9 Å². The molecule has 1 atom stereocenters. The van der Waals surface area contributed by atoms with Gasteiger partial charge in [-0.05, 0) is 44.9 Å². The zero-order valence-corrected chi connectivity index (χ0v) is 17.2. The van der Waals surface area contributed by atoms with Gasteiger partial charge in [0.15, 0.2) is 5.13 Å². The van der Waals surface area contributed by atoms with E-state index in [1.165, 1.54) is 34.9 Å². The van der Waals surface area contributed by atoms with Gasteiger partial charge in [-0.2, -0.15) is 4.31 Å². The molecule has 7 nitrogen and oxygen atoms in total. The number of aromatic nitrogens is 1. The molecule has 9 heteroatoms. The summed E-state index contributed by atoms with van der Waals surface area (Å²) < 4.78 is 33.2. The number of anilines is 1. The monoisotopic (exact) mass is 409 g/mol. The molecule has 3 rings (SSSR count). The molecule has 0 unspecified atom stereocenters. The van der Waals surface area contributed by atoms with Crippen molar-refractivity contribution in [2.75, 3.05) is 19.0 Å². The van der Waals surface area contributed by atoms with E-state index in [0.717, 1.165) is 25.0 Å². The zero-order chi connectivity index (χ0) is 19.6. The van der Waals surface area contributed by atoms with Gasteiger partial charge in [-0.3, -0.25) is 10.1 Å². The fourth-order valence-electron chi connectivity index (χ4n) is 3.16. The zero-order valence-electron chi connectivity index (χ0n) is 15.6. The van der Waals surface area contributed by atoms with E-state index in [9.17, 15) is 13.2 Å². The summed E-state index contributed by atoms with van der Waals surface area (Å²) in [5, 5.41) is 5.01. The van der Waals surface area contributed by atoms with Crippen LogP contribution in [0.2, 0.25) is 0 Å². The highest BCUT2D eigenvalue weighted by molar-refractivity contribution is 7.89. The van der Waals surface area contributed by atoms with Crippen molar-refractivity contribution < 1.29 is 17.9 Å². The normalized spacial score (nSPS) is 18.3. The minimum Gasteiger partial charge on any atom is -0.495 e. The van der Waals surface area contributed by atoms with Crippen molar-refractivity contribution in [1.29, 1.82) is 0 Å². The predicted molar refractivity (Wildman–Crippen MR) is 105 cm³/mol. The van der Waals surface area contributed by atoms with Gasteiger partial charge >= 0.3 is 0 Å². The van der Waals surface area contributed by atoms with E-state index in [4.69, 9.17) is 4.74 Å². The number of aryl methyl sites for hydroxylation is 1. The van der Waals surface area contributed by atoms with Gasteiger partial charge in [-0.25, -0.2) is 13.4 Å². The lowest BCUT2D eigenvalue weighted by molar-refractivity contribution is 0.102. The van der Waals surface area contributed by atoms with Crippen LogP contribution in [0.15, 0.2) is 28.5 Å². The summed E-state index contributed by atoms with van der Waals surface area (Å²) in [4.78, 5) is 16.8. The number of hydrogen-bond acceptors (Lipinski definition) is 6. The number of sulfonamides is 1. The summed E-state index contributed by atoms with van der Waals surface area (Å²) in [6.07, 6.45) is 2.67. The van der Waals surface area contributed by atoms with Crippen LogP contribution in [0.4, 0.5) is 5.13 Å². The van der Waals surface area contributed by atoms with Crippen molar-refractivity contribution in [3.63, 3.8) is 0 Å². The molecule has 1 aliphatic rings. The quantitative estimate of drug-likeness (QED) is 0.819. The summed E-state index contributed by atoms with van der Waals surface area (Å²) >= 11 is 1.32. The van der Waals surface area contributed by atoms with E-state index in [0.29, 0.717) is 11.7 Å². The molecule has 1 aromatic heterocycles. The van der Waals surface area contributed by atoms with Crippen molar-refractivity contribution in [2.45, 2.75) is 44.0 Å². The fourth-order valence-corrected chi connectivity index (χ4v) is 5.72. The van der Waals surface area contributed by atoms with Gasteiger partial charge < -0.3 is 4.74 Å². The maximum atomic E-state index is 13.2. The first-order valence-corrected chi connectivity index (χ1v) is 11.1. The highest BCUT2D eigenvalue weighted by atomic mass is 32.2. The van der Waals surface area contributed by atoms with Crippen molar-refractivity contribution in [3.05, 3.63) is 34.8 Å². The van der Waals surface area contributed by atoms with Gasteiger partial charge in [0.2, 0.25) is 10.0 Å². The molecule has 1 saturated heterocycles. The highest BCUT2D eigenvalue weighted by Gasteiger charge is 2.33. The lowest BCUT2D eigenvalue weighted by atomic mass is 10.1. The molecule has 0 aliphatic carbocycles. The molecule has 1 fully saturated rings. The van der Waals surface area contributed by atoms with E-state index in [1.54, 1.807) is 6.07 Å². The molecule has 146 valence electrons. The second-order valence-electron chi connectivity index (χ2n) is 6.57. The lowest BCUT2D eigenvalue weighted by Gasteiger charge is -2.32. The molecule has 1 aromatic carbocycles. The van der Waals surface area contributed by atoms with Gasteiger partial charge in [0.25, 0.3) is 5.91 Å². The molecule has 27 heavy (non-hydrogen) atoms. The topological polar surface area (TPSA) is 88.6 Å². The number of carbonyl (C=O) groups is 1. The minimum atomic E-state index is -3.76. The molecule has 1 amide bonds. The Balaban J connectivity index is 1.94. The van der Waals surface area contributed by atoms with Crippen LogP contribution in [-0.4, -0.2) is 43.3 Å². The number of thiazole rings is 1. The van der Waals surface area contributed by atoms with Crippen molar-refractivity contribution in [3.8, 4) is 5.75 Å². The average molecular weight is 410 g/mol. The molecule has 2 heterocycles. The fraction of sp³-hybridized carbons (Fsp3) is 0.444. The van der Waals surface area contributed by atoms with Gasteiger partial charge in [0.05, 0.1) is 12.8 Å². The molecule has 1 aliphatic heterocycles. The Kier molecular flexibility index (Phi) is 5.83. The summed E-state index contributed by atoms with van der Waals surface area (Å²) in [6, 6.07) is 4.37. The SMILES string of the molecule is COc1ccc(C(=O)Nc2nc(C)cs2)cc1S(=O)(=O)N1CCCC[C@@H]1C. The first-order chi connectivity index (χ1) is 12.8. The third kappa shape index (κ3) is 4.15. The van der Waals surface area contributed by atoms with Gasteiger partial charge in [0.1, 0.15) is 10.6 Å². The number of rotatable bonds is 5. The Morgan fingerprint density at radius 3 is 2.78 bits per heavy atom. The van der Waals surface area contributed by atoms with Crippen LogP contribution in [0.1, 0.15) is 42.2 Å². The molecular weight excluding hydrogens is 386 g/mol. The summed E-state index contributed by atoms with van der Waals surface area (Å²) in [5.74, 6) is -0.176. The second-order valence-corrected chi connectivity index (χ2v) is 9.29. The Morgan fingerprint density at radius 1 is 1.37 bits per heavy atom. The van der Waals surface area contributed by atoms with Crippen LogP contribution >= 0.6 is 11.3 Å². The van der Waals surface area contributed by atoms with E-state index >= 15 is 0 Å². The van der Waals surface area contributed by atoms with Crippen molar-refractivity contribution in [2.24, 2.45) is 0 Å². The van der Waals surface area contributed by atoms with Crippen LogP contribution < -0.4 is 10.1 Å².